The van der Waals surface area contributed by atoms with Crippen LogP contribution in [0.15, 0.2) is 24.3 Å². The molecule has 2 amide bonds. The summed E-state index contributed by atoms with van der Waals surface area (Å²) in [5.74, 6) is 0. The minimum absolute atomic E-state index is 0.101. The molecule has 0 radical (unpaired) electrons. The lowest BCUT2D eigenvalue weighted by Crippen LogP contribution is -2.53. The second-order valence-electron chi connectivity index (χ2n) is 6.74. The van der Waals surface area contributed by atoms with Crippen molar-refractivity contribution >= 4 is 11.7 Å². The van der Waals surface area contributed by atoms with E-state index in [2.05, 4.69) is 10.6 Å². The molecule has 0 aliphatic heterocycles. The number of amides is 2. The van der Waals surface area contributed by atoms with Gasteiger partial charge in [0, 0.05) is 11.2 Å². The van der Waals surface area contributed by atoms with Gasteiger partial charge in [0.25, 0.3) is 0 Å². The molecule has 1 fully saturated rings. The summed E-state index contributed by atoms with van der Waals surface area (Å²) in [7, 11) is 0. The zero-order valence-electron chi connectivity index (χ0n) is 12.6. The fraction of sp³-hybridized carbons (Fsp3) is 0.562. The normalized spacial score (nSPS) is 17.8. The van der Waals surface area contributed by atoms with Crippen molar-refractivity contribution in [1.29, 1.82) is 0 Å². The van der Waals surface area contributed by atoms with Crippen LogP contribution in [0.5, 0.6) is 0 Å². The van der Waals surface area contributed by atoms with Crippen LogP contribution < -0.4 is 16.4 Å². The Bertz CT molecular complexity index is 467. The largest absolute Gasteiger partial charge is 0.399 e. The Morgan fingerprint density at radius 3 is 2.20 bits per heavy atom. The van der Waals surface area contributed by atoms with Crippen molar-refractivity contribution in [3.63, 3.8) is 0 Å². The van der Waals surface area contributed by atoms with Gasteiger partial charge in [0.1, 0.15) is 0 Å². The minimum atomic E-state index is -0.247. The van der Waals surface area contributed by atoms with Crippen LogP contribution in [0.4, 0.5) is 10.5 Å². The first kappa shape index (κ1) is 14.7. The van der Waals surface area contributed by atoms with Crippen LogP contribution in [0, 0.1) is 0 Å². The zero-order valence-corrected chi connectivity index (χ0v) is 12.6. The van der Waals surface area contributed by atoms with Crippen LogP contribution in [0.3, 0.4) is 0 Å². The van der Waals surface area contributed by atoms with Gasteiger partial charge >= 0.3 is 6.03 Å². The van der Waals surface area contributed by atoms with Gasteiger partial charge in [-0.1, -0.05) is 25.0 Å². The second-order valence-corrected chi connectivity index (χ2v) is 6.74. The van der Waals surface area contributed by atoms with E-state index in [1.165, 1.54) is 0 Å². The maximum atomic E-state index is 12.2. The van der Waals surface area contributed by atoms with Crippen molar-refractivity contribution < 1.29 is 4.79 Å². The number of urea groups is 1. The SMILES string of the molecule is CC(C)(C)NC(=O)NC1(c2ccc(N)cc2)CCCC1. The summed E-state index contributed by atoms with van der Waals surface area (Å²) in [4.78, 5) is 12.2. The Balaban J connectivity index is 2.18. The first-order valence-corrected chi connectivity index (χ1v) is 7.27. The van der Waals surface area contributed by atoms with Crippen molar-refractivity contribution in [2.45, 2.75) is 57.5 Å². The summed E-state index contributed by atoms with van der Waals surface area (Å²) in [6.45, 7) is 5.95. The molecule has 4 N–H and O–H groups in total. The fourth-order valence-electron chi connectivity index (χ4n) is 2.86. The van der Waals surface area contributed by atoms with Crippen LogP contribution in [0.1, 0.15) is 52.0 Å². The number of hydrogen-bond donors (Lipinski definition) is 3. The molecular formula is C16H25N3O. The molecule has 0 saturated heterocycles. The predicted octanol–water partition coefficient (Wildman–Crippen LogP) is 3.14. The number of nitrogens with two attached hydrogens (primary N) is 1. The van der Waals surface area contributed by atoms with E-state index < -0.39 is 0 Å². The summed E-state index contributed by atoms with van der Waals surface area (Å²) in [5.41, 5.74) is 7.17. The standard InChI is InChI=1S/C16H25N3O/c1-15(2,3)18-14(20)19-16(10-4-5-11-16)12-6-8-13(17)9-7-12/h6-9H,4-5,10-11,17H2,1-3H3,(H2,18,19,20). The summed E-state index contributed by atoms with van der Waals surface area (Å²) in [5, 5.41) is 6.17. The summed E-state index contributed by atoms with van der Waals surface area (Å²) in [6, 6.07) is 7.75. The van der Waals surface area contributed by atoms with Crippen LogP contribution in [0.25, 0.3) is 0 Å². The molecule has 20 heavy (non-hydrogen) atoms. The number of nitrogen functional groups attached to an aromatic ring is 1. The number of carbonyl (C=O) groups is 1. The molecule has 1 aromatic rings. The molecule has 1 aliphatic carbocycles. The molecule has 0 unspecified atom stereocenters. The molecule has 1 saturated carbocycles. The quantitative estimate of drug-likeness (QED) is 0.726. The third-order valence-corrected chi connectivity index (χ3v) is 3.76. The highest BCUT2D eigenvalue weighted by atomic mass is 16.2. The molecule has 1 aliphatic rings. The molecule has 4 heteroatoms. The third kappa shape index (κ3) is 3.44. The highest BCUT2D eigenvalue weighted by Gasteiger charge is 2.37. The van der Waals surface area contributed by atoms with E-state index in [9.17, 15) is 4.79 Å². The van der Waals surface area contributed by atoms with Crippen molar-refractivity contribution in [2.75, 3.05) is 5.73 Å². The molecule has 1 aromatic carbocycles. The monoisotopic (exact) mass is 275 g/mol. The van der Waals surface area contributed by atoms with Gasteiger partial charge in [-0.2, -0.15) is 0 Å². The Hall–Kier alpha value is -1.71. The van der Waals surface area contributed by atoms with E-state index in [0.29, 0.717) is 0 Å². The lowest BCUT2D eigenvalue weighted by molar-refractivity contribution is 0.216. The van der Waals surface area contributed by atoms with E-state index in [-0.39, 0.29) is 17.1 Å². The number of anilines is 1. The predicted molar refractivity (Wildman–Crippen MR) is 82.4 cm³/mol. The van der Waals surface area contributed by atoms with E-state index >= 15 is 0 Å². The number of carbonyl (C=O) groups excluding carboxylic acids is 1. The maximum Gasteiger partial charge on any atom is 0.315 e. The van der Waals surface area contributed by atoms with Gasteiger partial charge in [-0.3, -0.25) is 0 Å². The average molecular weight is 275 g/mol. The molecule has 4 nitrogen and oxygen atoms in total. The van der Waals surface area contributed by atoms with Gasteiger partial charge in [-0.25, -0.2) is 4.79 Å². The van der Waals surface area contributed by atoms with Crippen molar-refractivity contribution in [3.05, 3.63) is 29.8 Å². The molecular weight excluding hydrogens is 250 g/mol. The lowest BCUT2D eigenvalue weighted by Gasteiger charge is -2.33. The lowest BCUT2D eigenvalue weighted by atomic mass is 9.88. The average Bonchev–Trinajstić information content (AvgIpc) is 2.76. The van der Waals surface area contributed by atoms with Crippen LogP contribution >= 0.6 is 0 Å². The highest BCUT2D eigenvalue weighted by Crippen LogP contribution is 2.38. The summed E-state index contributed by atoms with van der Waals surface area (Å²) >= 11 is 0. The number of nitrogens with one attached hydrogen (secondary N) is 2. The first-order chi connectivity index (χ1) is 9.31. The van der Waals surface area contributed by atoms with Gasteiger partial charge < -0.3 is 16.4 Å². The molecule has 0 bridgehead atoms. The molecule has 0 spiro atoms. The first-order valence-electron chi connectivity index (χ1n) is 7.27. The Morgan fingerprint density at radius 2 is 1.70 bits per heavy atom. The zero-order chi connectivity index (χ0) is 14.8. The molecule has 2 rings (SSSR count). The van der Waals surface area contributed by atoms with Gasteiger partial charge in [0.05, 0.1) is 5.54 Å². The number of hydrogen-bond acceptors (Lipinski definition) is 2. The molecule has 0 atom stereocenters. The van der Waals surface area contributed by atoms with Crippen LogP contribution in [-0.4, -0.2) is 11.6 Å². The number of benzene rings is 1. The number of rotatable bonds is 2. The summed E-state index contributed by atoms with van der Waals surface area (Å²) < 4.78 is 0. The third-order valence-electron chi connectivity index (χ3n) is 3.76. The molecule has 0 heterocycles. The second kappa shape index (κ2) is 5.35. The topological polar surface area (TPSA) is 67.2 Å². The van der Waals surface area contributed by atoms with Gasteiger partial charge in [-0.15, -0.1) is 0 Å². The molecule has 110 valence electrons. The highest BCUT2D eigenvalue weighted by molar-refractivity contribution is 5.76. The van der Waals surface area contributed by atoms with E-state index in [4.69, 9.17) is 5.73 Å². The maximum absolute atomic E-state index is 12.2. The smallest absolute Gasteiger partial charge is 0.315 e. The summed E-state index contributed by atoms with van der Waals surface area (Å²) in [6.07, 6.45) is 4.24. The van der Waals surface area contributed by atoms with E-state index in [0.717, 1.165) is 36.9 Å². The van der Waals surface area contributed by atoms with Gasteiger partial charge in [0.15, 0.2) is 0 Å². The van der Waals surface area contributed by atoms with Crippen molar-refractivity contribution in [1.82, 2.24) is 10.6 Å². The minimum Gasteiger partial charge on any atom is -0.399 e. The van der Waals surface area contributed by atoms with Crippen molar-refractivity contribution in [3.8, 4) is 0 Å². The Kier molecular flexibility index (Phi) is 3.93. The Labute approximate surface area is 121 Å². The van der Waals surface area contributed by atoms with Crippen molar-refractivity contribution in [2.24, 2.45) is 0 Å². The van der Waals surface area contributed by atoms with Gasteiger partial charge in [0.2, 0.25) is 0 Å². The van der Waals surface area contributed by atoms with Crippen LogP contribution in [-0.2, 0) is 5.54 Å². The molecule has 0 aromatic heterocycles. The van der Waals surface area contributed by atoms with Gasteiger partial charge in [-0.05, 0) is 51.3 Å². The van der Waals surface area contributed by atoms with Crippen LogP contribution in [0.2, 0.25) is 0 Å². The van der Waals surface area contributed by atoms with E-state index in [1.807, 2.05) is 45.0 Å². The fourth-order valence-corrected chi connectivity index (χ4v) is 2.86. The van der Waals surface area contributed by atoms with E-state index in [1.54, 1.807) is 0 Å². The Morgan fingerprint density at radius 1 is 1.15 bits per heavy atom.